The van der Waals surface area contributed by atoms with Crippen molar-refractivity contribution >= 4 is 33.2 Å². The third kappa shape index (κ3) is 3.93. The summed E-state index contributed by atoms with van der Waals surface area (Å²) in [6.45, 7) is 1.94. The van der Waals surface area contributed by atoms with Gasteiger partial charge in [-0.15, -0.1) is 0 Å². The average Bonchev–Trinajstić information content (AvgIpc) is 2.94. The van der Waals surface area contributed by atoms with Gasteiger partial charge in [-0.1, -0.05) is 23.3 Å². The Labute approximate surface area is 163 Å². The number of aromatic hydroxyl groups is 1. The number of benzene rings is 1. The van der Waals surface area contributed by atoms with Crippen LogP contribution in [0.2, 0.25) is 5.02 Å². The molecule has 1 aromatic rings. The topological polar surface area (TPSA) is 105 Å². The zero-order valence-electron chi connectivity index (χ0n) is 15.2. The standard InChI is InChI=1S/C18H23ClN2O5S/c1-10-4-3-5-14(10)20-18(23)21-15-7-6-13(19)17(16(15)22)27(24,25)12-8-11(9-12)26-2/h4,6-7,11-12,14,22H,3,5,8-9H2,1-2H3,(H2,20,21,23)/t11?,12?,14-/m1/s1. The van der Waals surface area contributed by atoms with Crippen molar-refractivity contribution in [3.05, 3.63) is 28.8 Å². The van der Waals surface area contributed by atoms with E-state index in [1.807, 2.05) is 6.92 Å². The van der Waals surface area contributed by atoms with E-state index in [2.05, 4.69) is 16.7 Å². The molecule has 27 heavy (non-hydrogen) atoms. The molecule has 1 fully saturated rings. The second-order valence-corrected chi connectivity index (χ2v) is 9.52. The Bertz CT molecular complexity index is 878. The molecular formula is C18H23ClN2O5S. The molecule has 1 saturated carbocycles. The van der Waals surface area contributed by atoms with Crippen molar-refractivity contribution in [1.82, 2.24) is 5.32 Å². The Morgan fingerprint density at radius 2 is 2.04 bits per heavy atom. The third-order valence-electron chi connectivity index (χ3n) is 5.22. The van der Waals surface area contributed by atoms with Crippen LogP contribution < -0.4 is 10.6 Å². The number of phenolic OH excluding ortho intramolecular Hbond substituents is 1. The molecule has 0 radical (unpaired) electrons. The van der Waals surface area contributed by atoms with E-state index in [9.17, 15) is 18.3 Å². The lowest BCUT2D eigenvalue weighted by atomic mass is 9.95. The molecule has 0 bridgehead atoms. The van der Waals surface area contributed by atoms with Gasteiger partial charge in [0.15, 0.2) is 15.6 Å². The van der Waals surface area contributed by atoms with Crippen LogP contribution in [-0.2, 0) is 14.6 Å². The van der Waals surface area contributed by atoms with Crippen LogP contribution in [0.1, 0.15) is 32.6 Å². The molecule has 0 heterocycles. The normalized spacial score (nSPS) is 24.9. The number of carbonyl (C=O) groups is 1. The quantitative estimate of drug-likeness (QED) is 0.506. The van der Waals surface area contributed by atoms with E-state index in [0.717, 1.165) is 18.4 Å². The van der Waals surface area contributed by atoms with Gasteiger partial charge in [-0.2, -0.15) is 0 Å². The van der Waals surface area contributed by atoms with Gasteiger partial charge < -0.3 is 20.5 Å². The number of allylic oxidation sites excluding steroid dienone is 1. The first-order valence-electron chi connectivity index (χ1n) is 8.76. The summed E-state index contributed by atoms with van der Waals surface area (Å²) >= 11 is 6.07. The zero-order valence-corrected chi connectivity index (χ0v) is 16.7. The number of halogens is 1. The van der Waals surface area contributed by atoms with Crippen LogP contribution in [0.5, 0.6) is 5.75 Å². The Morgan fingerprint density at radius 3 is 2.63 bits per heavy atom. The summed E-state index contributed by atoms with van der Waals surface area (Å²) in [7, 11) is -2.31. The van der Waals surface area contributed by atoms with Crippen molar-refractivity contribution in [1.29, 1.82) is 0 Å². The lowest BCUT2D eigenvalue weighted by Gasteiger charge is -2.33. The van der Waals surface area contributed by atoms with Gasteiger partial charge in [-0.05, 0) is 44.7 Å². The molecule has 7 nitrogen and oxygen atoms in total. The minimum Gasteiger partial charge on any atom is -0.504 e. The first kappa shape index (κ1) is 20.0. The Balaban J connectivity index is 1.79. The summed E-state index contributed by atoms with van der Waals surface area (Å²) in [5.74, 6) is -0.544. The maximum Gasteiger partial charge on any atom is 0.319 e. The Hall–Kier alpha value is -1.77. The van der Waals surface area contributed by atoms with Gasteiger partial charge in [0.05, 0.1) is 28.1 Å². The zero-order chi connectivity index (χ0) is 19.8. The van der Waals surface area contributed by atoms with Crippen LogP contribution in [0, 0.1) is 0 Å². The fraction of sp³-hybridized carbons (Fsp3) is 0.500. The number of phenols is 1. The van der Waals surface area contributed by atoms with Crippen LogP contribution in [0.15, 0.2) is 28.7 Å². The molecule has 9 heteroatoms. The van der Waals surface area contributed by atoms with E-state index in [-0.39, 0.29) is 27.8 Å². The summed E-state index contributed by atoms with van der Waals surface area (Å²) < 4.78 is 30.8. The maximum absolute atomic E-state index is 12.8. The number of carbonyl (C=O) groups excluding carboxylic acids is 1. The van der Waals surface area contributed by atoms with Gasteiger partial charge >= 0.3 is 6.03 Å². The summed E-state index contributed by atoms with van der Waals surface area (Å²) in [5, 5.41) is 15.1. The number of sulfone groups is 1. The predicted octanol–water partition coefficient (Wildman–Crippen LogP) is 3.23. The fourth-order valence-electron chi connectivity index (χ4n) is 3.40. The number of hydrogen-bond acceptors (Lipinski definition) is 5. The molecule has 2 aliphatic carbocycles. The first-order chi connectivity index (χ1) is 12.7. The van der Waals surface area contributed by atoms with Crippen LogP contribution in [-0.4, -0.2) is 44.1 Å². The first-order valence-corrected chi connectivity index (χ1v) is 10.7. The number of methoxy groups -OCH3 is 1. The fourth-order valence-corrected chi connectivity index (χ4v) is 5.86. The second kappa shape index (κ2) is 7.69. The SMILES string of the molecule is COC1CC(S(=O)(=O)c2c(Cl)ccc(NC(=O)N[C@@H]3CCC=C3C)c2O)C1. The van der Waals surface area contributed by atoms with Gasteiger partial charge in [0.25, 0.3) is 0 Å². The summed E-state index contributed by atoms with van der Waals surface area (Å²) in [4.78, 5) is 11.9. The van der Waals surface area contributed by atoms with Gasteiger partial charge in [0, 0.05) is 7.11 Å². The van der Waals surface area contributed by atoms with E-state index in [1.165, 1.54) is 19.2 Å². The largest absolute Gasteiger partial charge is 0.504 e. The molecule has 148 valence electrons. The third-order valence-corrected chi connectivity index (χ3v) is 7.89. The van der Waals surface area contributed by atoms with Gasteiger partial charge in [0.1, 0.15) is 4.90 Å². The summed E-state index contributed by atoms with van der Waals surface area (Å²) in [5.41, 5.74) is 1.07. The number of urea groups is 1. The number of rotatable bonds is 5. The molecule has 0 aliphatic heterocycles. The maximum atomic E-state index is 12.8. The molecule has 0 unspecified atom stereocenters. The van der Waals surface area contributed by atoms with Crippen molar-refractivity contribution in [2.45, 2.75) is 54.9 Å². The van der Waals surface area contributed by atoms with Gasteiger partial charge in [-0.3, -0.25) is 0 Å². The molecule has 1 atom stereocenters. The highest BCUT2D eigenvalue weighted by Gasteiger charge is 2.42. The highest BCUT2D eigenvalue weighted by Crippen LogP contribution is 2.42. The molecule has 3 N–H and O–H groups in total. The summed E-state index contributed by atoms with van der Waals surface area (Å²) in [6.07, 6.45) is 4.35. The predicted molar refractivity (Wildman–Crippen MR) is 103 cm³/mol. The minimum atomic E-state index is -3.84. The van der Waals surface area contributed by atoms with Crippen molar-refractivity contribution in [3.63, 3.8) is 0 Å². The second-order valence-electron chi connectivity index (χ2n) is 6.95. The number of ether oxygens (including phenoxy) is 1. The van der Waals surface area contributed by atoms with E-state index >= 15 is 0 Å². The van der Waals surface area contributed by atoms with E-state index in [4.69, 9.17) is 16.3 Å². The van der Waals surface area contributed by atoms with Crippen molar-refractivity contribution < 1.29 is 23.1 Å². The molecular weight excluding hydrogens is 392 g/mol. The molecule has 3 rings (SSSR count). The molecule has 0 spiro atoms. The van der Waals surface area contributed by atoms with Crippen LogP contribution in [0.25, 0.3) is 0 Å². The van der Waals surface area contributed by atoms with Gasteiger partial charge in [0.2, 0.25) is 0 Å². The summed E-state index contributed by atoms with van der Waals surface area (Å²) in [6, 6.07) is 2.16. The number of amides is 2. The van der Waals surface area contributed by atoms with Crippen molar-refractivity contribution in [2.75, 3.05) is 12.4 Å². The van der Waals surface area contributed by atoms with Crippen LogP contribution >= 0.6 is 11.6 Å². The minimum absolute atomic E-state index is 0.00211. The lowest BCUT2D eigenvalue weighted by molar-refractivity contribution is 0.0436. The molecule has 2 amide bonds. The smallest absolute Gasteiger partial charge is 0.319 e. The lowest BCUT2D eigenvalue weighted by Crippen LogP contribution is -2.40. The van der Waals surface area contributed by atoms with Crippen molar-refractivity contribution in [3.8, 4) is 5.75 Å². The van der Waals surface area contributed by atoms with E-state index < -0.39 is 26.9 Å². The molecule has 0 saturated heterocycles. The van der Waals surface area contributed by atoms with Crippen LogP contribution in [0.4, 0.5) is 10.5 Å². The Morgan fingerprint density at radius 1 is 1.33 bits per heavy atom. The van der Waals surface area contributed by atoms with E-state index in [1.54, 1.807) is 0 Å². The molecule has 1 aromatic carbocycles. The average molecular weight is 415 g/mol. The number of nitrogens with one attached hydrogen (secondary N) is 2. The Kier molecular flexibility index (Phi) is 5.69. The highest BCUT2D eigenvalue weighted by molar-refractivity contribution is 7.92. The van der Waals surface area contributed by atoms with Crippen LogP contribution in [0.3, 0.4) is 0 Å². The molecule has 2 aliphatic rings. The number of hydrogen-bond donors (Lipinski definition) is 3. The van der Waals surface area contributed by atoms with E-state index in [0.29, 0.717) is 12.8 Å². The number of anilines is 1. The highest BCUT2D eigenvalue weighted by atomic mass is 35.5. The van der Waals surface area contributed by atoms with Crippen molar-refractivity contribution in [2.24, 2.45) is 0 Å². The van der Waals surface area contributed by atoms with Gasteiger partial charge in [-0.25, -0.2) is 13.2 Å². The molecule has 0 aromatic heterocycles. The monoisotopic (exact) mass is 414 g/mol.